The van der Waals surface area contributed by atoms with Crippen molar-refractivity contribution in [1.29, 1.82) is 0 Å². The summed E-state index contributed by atoms with van der Waals surface area (Å²) in [7, 11) is 3.71. The fourth-order valence-electron chi connectivity index (χ4n) is 4.61. The Kier molecular flexibility index (Phi) is 8.29. The van der Waals surface area contributed by atoms with Crippen LogP contribution in [0.15, 0.2) is 71.5 Å². The fourth-order valence-corrected chi connectivity index (χ4v) is 4.61. The Bertz CT molecular complexity index is 1600. The molecule has 4 aromatic rings. The second-order valence-corrected chi connectivity index (χ2v) is 10.1. The van der Waals surface area contributed by atoms with E-state index in [0.717, 1.165) is 23.3 Å². The molecule has 1 N–H and O–H groups in total. The molecule has 0 fully saturated rings. The molecule has 0 saturated heterocycles. The van der Waals surface area contributed by atoms with Gasteiger partial charge in [0.15, 0.2) is 0 Å². The molecule has 40 heavy (non-hydrogen) atoms. The number of hydrogen-bond donors (Lipinski definition) is 1. The largest absolute Gasteiger partial charge is 0.416 e. The molecule has 1 unspecified atom stereocenters. The van der Waals surface area contributed by atoms with Gasteiger partial charge in [-0.1, -0.05) is 35.9 Å². The van der Waals surface area contributed by atoms with Crippen molar-refractivity contribution < 1.29 is 18.0 Å². The highest BCUT2D eigenvalue weighted by Crippen LogP contribution is 2.31. The number of nitrogens with zero attached hydrogens (tertiary/aromatic N) is 4. The second kappa shape index (κ2) is 11.5. The number of fused-ring (bicyclic) bond motifs is 1. The number of anilines is 1. The highest BCUT2D eigenvalue weighted by atomic mass is 19.4. The van der Waals surface area contributed by atoms with Gasteiger partial charge in [0, 0.05) is 18.8 Å². The molecule has 0 radical (unpaired) electrons. The summed E-state index contributed by atoms with van der Waals surface area (Å²) < 4.78 is 41.4. The van der Waals surface area contributed by atoms with Crippen LogP contribution < -0.4 is 10.9 Å². The number of para-hydroxylation sites is 1. The van der Waals surface area contributed by atoms with Gasteiger partial charge in [0.25, 0.3) is 5.56 Å². The molecule has 0 spiro atoms. The topological polar surface area (TPSA) is 70.5 Å². The van der Waals surface area contributed by atoms with Gasteiger partial charge in [-0.05, 0) is 76.8 Å². The lowest BCUT2D eigenvalue weighted by Gasteiger charge is -2.32. The molecule has 210 valence electrons. The quantitative estimate of drug-likeness (QED) is 0.298. The van der Waals surface area contributed by atoms with E-state index in [4.69, 9.17) is 4.98 Å². The first-order valence-corrected chi connectivity index (χ1v) is 12.9. The summed E-state index contributed by atoms with van der Waals surface area (Å²) >= 11 is 0. The molecule has 1 atom stereocenters. The molecule has 0 aliphatic heterocycles. The number of benzene rings is 3. The van der Waals surface area contributed by atoms with Crippen molar-refractivity contribution in [2.45, 2.75) is 33.0 Å². The normalized spacial score (nSPS) is 12.5. The van der Waals surface area contributed by atoms with Gasteiger partial charge in [0.05, 0.1) is 28.2 Å². The van der Waals surface area contributed by atoms with Crippen LogP contribution in [0.3, 0.4) is 0 Å². The lowest BCUT2D eigenvalue weighted by atomic mass is 10.1. The van der Waals surface area contributed by atoms with Crippen molar-refractivity contribution in [3.63, 3.8) is 0 Å². The second-order valence-electron chi connectivity index (χ2n) is 10.1. The number of halogens is 3. The number of aryl methyl sites for hydroxylation is 2. The van der Waals surface area contributed by atoms with Gasteiger partial charge in [0.2, 0.25) is 0 Å². The highest BCUT2D eigenvalue weighted by molar-refractivity contribution is 5.89. The Labute approximate surface area is 230 Å². The molecular weight excluding hydrogens is 519 g/mol. The van der Waals surface area contributed by atoms with Crippen LogP contribution >= 0.6 is 0 Å². The number of alkyl halides is 3. The fraction of sp³-hybridized carbons (Fsp3) is 0.300. The molecule has 10 heteroatoms. The predicted molar refractivity (Wildman–Crippen MR) is 151 cm³/mol. The zero-order chi connectivity index (χ0) is 29.2. The standard InChI is InChI=1S/C30H32F3N5O2/c1-19-13-14-26(20(2)17-19)38-27(35-25-12-7-6-11-24(25)28(38)39)21(3)37(16-15-36(4)5)29(40)34-23-10-8-9-22(18-23)30(31,32)33/h6-14,17-18,21H,15-16H2,1-5H3,(H,34,40). The average molecular weight is 552 g/mol. The molecule has 0 aliphatic rings. The van der Waals surface area contributed by atoms with E-state index in [9.17, 15) is 22.8 Å². The molecule has 1 heterocycles. The maximum Gasteiger partial charge on any atom is 0.416 e. The van der Waals surface area contributed by atoms with E-state index in [0.29, 0.717) is 29.0 Å². The van der Waals surface area contributed by atoms with Crippen molar-refractivity contribution in [1.82, 2.24) is 19.4 Å². The molecule has 0 saturated carbocycles. The van der Waals surface area contributed by atoms with E-state index in [2.05, 4.69) is 5.32 Å². The number of amides is 2. The maximum absolute atomic E-state index is 13.9. The van der Waals surface area contributed by atoms with Crippen LogP contribution in [0.25, 0.3) is 16.6 Å². The molecule has 0 bridgehead atoms. The molecule has 1 aromatic heterocycles. The predicted octanol–water partition coefficient (Wildman–Crippen LogP) is 6.18. The Morgan fingerprint density at radius 1 is 1.00 bits per heavy atom. The number of aromatic nitrogens is 2. The Morgan fingerprint density at radius 3 is 2.40 bits per heavy atom. The third kappa shape index (κ3) is 6.17. The highest BCUT2D eigenvalue weighted by Gasteiger charge is 2.31. The van der Waals surface area contributed by atoms with Crippen LogP contribution in [0.5, 0.6) is 0 Å². The molecule has 0 aliphatic carbocycles. The van der Waals surface area contributed by atoms with E-state index >= 15 is 0 Å². The monoisotopic (exact) mass is 551 g/mol. The van der Waals surface area contributed by atoms with Crippen LogP contribution in [0, 0.1) is 13.8 Å². The third-order valence-electron chi connectivity index (χ3n) is 6.73. The van der Waals surface area contributed by atoms with Crippen molar-refractivity contribution in [3.05, 3.63) is 99.6 Å². The van der Waals surface area contributed by atoms with Gasteiger partial charge in [-0.15, -0.1) is 0 Å². The number of rotatable bonds is 7. The smallest absolute Gasteiger partial charge is 0.313 e. The Morgan fingerprint density at radius 2 is 1.73 bits per heavy atom. The Balaban J connectivity index is 1.83. The summed E-state index contributed by atoms with van der Waals surface area (Å²) in [5, 5.41) is 3.05. The number of carbonyl (C=O) groups excluding carboxylic acids is 1. The first-order chi connectivity index (χ1) is 18.9. The van der Waals surface area contributed by atoms with Gasteiger partial charge in [-0.25, -0.2) is 9.78 Å². The number of likely N-dealkylation sites (N-methyl/N-ethyl adjacent to an activating group) is 1. The minimum atomic E-state index is -4.55. The lowest BCUT2D eigenvalue weighted by molar-refractivity contribution is -0.137. The van der Waals surface area contributed by atoms with E-state index in [1.165, 1.54) is 21.6 Å². The van der Waals surface area contributed by atoms with Gasteiger partial charge in [-0.2, -0.15) is 13.2 Å². The first-order valence-electron chi connectivity index (χ1n) is 12.9. The number of carbonyl (C=O) groups is 1. The number of hydrogen-bond acceptors (Lipinski definition) is 4. The first kappa shape index (κ1) is 28.8. The summed E-state index contributed by atoms with van der Waals surface area (Å²) in [6.45, 7) is 6.33. The van der Waals surface area contributed by atoms with Crippen molar-refractivity contribution in [3.8, 4) is 5.69 Å². The van der Waals surface area contributed by atoms with Gasteiger partial charge in [0.1, 0.15) is 5.82 Å². The van der Waals surface area contributed by atoms with Crippen molar-refractivity contribution >= 4 is 22.6 Å². The molecule has 2 amide bonds. The SMILES string of the molecule is Cc1ccc(-n2c(C(C)N(CCN(C)C)C(=O)Nc3cccc(C(F)(F)F)c3)nc3ccccc3c2=O)c(C)c1. The summed E-state index contributed by atoms with van der Waals surface area (Å²) in [5.41, 5.74) is 1.90. The number of nitrogens with one attached hydrogen (secondary N) is 1. The lowest BCUT2D eigenvalue weighted by Crippen LogP contribution is -2.43. The Hall–Kier alpha value is -4.18. The minimum absolute atomic E-state index is 0.0140. The summed E-state index contributed by atoms with van der Waals surface area (Å²) in [6, 6.07) is 15.9. The zero-order valence-corrected chi connectivity index (χ0v) is 23.1. The van der Waals surface area contributed by atoms with Crippen LogP contribution in [0.2, 0.25) is 0 Å². The van der Waals surface area contributed by atoms with E-state index in [1.54, 1.807) is 31.2 Å². The van der Waals surface area contributed by atoms with E-state index < -0.39 is 23.8 Å². The zero-order valence-electron chi connectivity index (χ0n) is 23.1. The van der Waals surface area contributed by atoms with E-state index in [1.807, 2.05) is 51.0 Å². The molecular formula is C30H32F3N5O2. The van der Waals surface area contributed by atoms with Crippen LogP contribution in [0.1, 0.15) is 35.5 Å². The van der Waals surface area contributed by atoms with Gasteiger partial charge in [-0.3, -0.25) is 9.36 Å². The molecule has 3 aromatic carbocycles. The van der Waals surface area contributed by atoms with Gasteiger partial charge >= 0.3 is 12.2 Å². The summed E-state index contributed by atoms with van der Waals surface area (Å²) in [6.07, 6.45) is -4.55. The number of urea groups is 1. The molecule has 4 rings (SSSR count). The van der Waals surface area contributed by atoms with Crippen LogP contribution in [0.4, 0.5) is 23.7 Å². The maximum atomic E-state index is 13.9. The summed E-state index contributed by atoms with van der Waals surface area (Å²) in [5.74, 6) is 0.341. The van der Waals surface area contributed by atoms with Crippen LogP contribution in [-0.4, -0.2) is 52.6 Å². The molecule has 7 nitrogen and oxygen atoms in total. The van der Waals surface area contributed by atoms with Crippen molar-refractivity contribution in [2.24, 2.45) is 0 Å². The van der Waals surface area contributed by atoms with Crippen LogP contribution in [-0.2, 0) is 6.18 Å². The van der Waals surface area contributed by atoms with Gasteiger partial charge < -0.3 is 15.1 Å². The van der Waals surface area contributed by atoms with Crippen molar-refractivity contribution in [2.75, 3.05) is 32.5 Å². The minimum Gasteiger partial charge on any atom is -0.313 e. The third-order valence-corrected chi connectivity index (χ3v) is 6.73. The van der Waals surface area contributed by atoms with E-state index in [-0.39, 0.29) is 17.8 Å². The average Bonchev–Trinajstić information content (AvgIpc) is 2.89. The summed E-state index contributed by atoms with van der Waals surface area (Å²) in [4.78, 5) is 35.7.